The smallest absolute Gasteiger partial charge is 0.341 e. The van der Waals surface area contributed by atoms with Crippen LogP contribution in [0.5, 0.6) is 0 Å². The second-order valence-corrected chi connectivity index (χ2v) is 11.8. The van der Waals surface area contributed by atoms with Crippen LogP contribution in [-0.4, -0.2) is 44.9 Å². The van der Waals surface area contributed by atoms with Crippen LogP contribution in [-0.2, 0) is 28.9 Å². The second-order valence-electron chi connectivity index (χ2n) is 9.77. The molecule has 0 unspecified atom stereocenters. The van der Waals surface area contributed by atoms with Crippen LogP contribution in [0.4, 0.5) is 9.39 Å². The molecule has 2 N–H and O–H groups in total. The van der Waals surface area contributed by atoms with E-state index < -0.39 is 17.7 Å². The number of aryl methyl sites for hydroxylation is 2. The molecule has 4 aromatic rings. The van der Waals surface area contributed by atoms with E-state index in [-0.39, 0.29) is 30.4 Å². The maximum Gasteiger partial charge on any atom is 0.341 e. The molecule has 5 rings (SSSR count). The molecule has 42 heavy (non-hydrogen) atoms. The van der Waals surface area contributed by atoms with Crippen LogP contribution < -0.4 is 10.6 Å². The van der Waals surface area contributed by atoms with Crippen LogP contribution in [0.2, 0.25) is 0 Å². The zero-order valence-corrected chi connectivity index (χ0v) is 25.1. The number of anilines is 1. The third-order valence-electron chi connectivity index (χ3n) is 7.00. The summed E-state index contributed by atoms with van der Waals surface area (Å²) in [5.41, 5.74) is 4.50. The summed E-state index contributed by atoms with van der Waals surface area (Å²) in [6.45, 7) is 6.02. The van der Waals surface area contributed by atoms with Gasteiger partial charge in [-0.05, 0) is 81.0 Å². The second kappa shape index (κ2) is 12.9. The molecule has 0 saturated heterocycles. The fourth-order valence-corrected chi connectivity index (χ4v) is 6.88. The van der Waals surface area contributed by atoms with Crippen LogP contribution in [0.15, 0.2) is 47.6 Å². The first-order chi connectivity index (χ1) is 20.3. The topological polar surface area (TPSA) is 115 Å². The summed E-state index contributed by atoms with van der Waals surface area (Å²) >= 11 is 2.63. The molecule has 1 aliphatic carbocycles. The molecule has 0 radical (unpaired) electrons. The molecule has 0 atom stereocenters. The lowest BCUT2D eigenvalue weighted by Crippen LogP contribution is -2.25. The van der Waals surface area contributed by atoms with E-state index >= 15 is 0 Å². The molecular weight excluding hydrogens is 577 g/mol. The van der Waals surface area contributed by atoms with E-state index in [9.17, 15) is 18.8 Å². The van der Waals surface area contributed by atoms with Crippen molar-refractivity contribution in [2.45, 2.75) is 51.7 Å². The fraction of sp³-hybridized carbons (Fsp3) is 0.300. The van der Waals surface area contributed by atoms with Gasteiger partial charge in [0.2, 0.25) is 5.91 Å². The van der Waals surface area contributed by atoms with Gasteiger partial charge in [-0.1, -0.05) is 30.0 Å². The number of amides is 2. The van der Waals surface area contributed by atoms with Gasteiger partial charge in [-0.2, -0.15) is 0 Å². The molecule has 2 aromatic carbocycles. The number of esters is 1. The molecule has 2 amide bonds. The minimum absolute atomic E-state index is 0.0173. The highest BCUT2D eigenvalue weighted by Gasteiger charge is 2.28. The van der Waals surface area contributed by atoms with Gasteiger partial charge < -0.3 is 15.4 Å². The summed E-state index contributed by atoms with van der Waals surface area (Å²) in [4.78, 5) is 39.6. The summed E-state index contributed by atoms with van der Waals surface area (Å²) < 4.78 is 20.7. The third-order valence-corrected chi connectivity index (χ3v) is 9.13. The van der Waals surface area contributed by atoms with Crippen LogP contribution in [0.25, 0.3) is 5.69 Å². The van der Waals surface area contributed by atoms with Gasteiger partial charge in [0.05, 0.1) is 30.2 Å². The maximum atomic E-state index is 13.6. The first-order valence-corrected chi connectivity index (χ1v) is 15.4. The molecule has 1 aliphatic rings. The first kappa shape index (κ1) is 29.5. The van der Waals surface area contributed by atoms with Gasteiger partial charge in [0.15, 0.2) is 11.0 Å². The zero-order valence-electron chi connectivity index (χ0n) is 23.5. The molecule has 0 saturated carbocycles. The molecule has 0 aliphatic heterocycles. The molecule has 2 aromatic heterocycles. The number of nitrogens with zero attached hydrogens (tertiary/aromatic N) is 3. The Labute approximate surface area is 250 Å². The van der Waals surface area contributed by atoms with Crippen molar-refractivity contribution >= 4 is 45.9 Å². The van der Waals surface area contributed by atoms with E-state index in [2.05, 4.69) is 20.8 Å². The predicted molar refractivity (Wildman–Crippen MR) is 160 cm³/mol. The van der Waals surface area contributed by atoms with Crippen molar-refractivity contribution in [3.8, 4) is 5.69 Å². The molecule has 2 heterocycles. The van der Waals surface area contributed by atoms with Gasteiger partial charge in [0.1, 0.15) is 10.8 Å². The van der Waals surface area contributed by atoms with Crippen molar-refractivity contribution in [3.63, 3.8) is 0 Å². The number of hydrogen-bond donors (Lipinski definition) is 2. The highest BCUT2D eigenvalue weighted by molar-refractivity contribution is 7.99. The van der Waals surface area contributed by atoms with E-state index in [0.29, 0.717) is 21.5 Å². The molecule has 218 valence electrons. The van der Waals surface area contributed by atoms with Crippen LogP contribution >= 0.6 is 23.1 Å². The number of rotatable bonds is 10. The van der Waals surface area contributed by atoms with Crippen molar-refractivity contribution < 1.29 is 23.5 Å². The molecule has 9 nitrogen and oxygen atoms in total. The summed E-state index contributed by atoms with van der Waals surface area (Å²) in [6, 6.07) is 11.3. The number of carbonyl (C=O) groups excluding carboxylic acids is 3. The number of thioether (sulfide) groups is 1. The minimum atomic E-state index is -0.500. The third kappa shape index (κ3) is 6.24. The van der Waals surface area contributed by atoms with Gasteiger partial charge in [-0.15, -0.1) is 21.5 Å². The van der Waals surface area contributed by atoms with Gasteiger partial charge >= 0.3 is 5.97 Å². The van der Waals surface area contributed by atoms with Crippen molar-refractivity contribution in [1.82, 2.24) is 20.1 Å². The molecule has 0 spiro atoms. The summed E-state index contributed by atoms with van der Waals surface area (Å²) in [5.74, 6) is -1.18. The molecular formula is C30H30FN5O4S2. The Hall–Kier alpha value is -4.03. The van der Waals surface area contributed by atoms with Gasteiger partial charge in [-0.25, -0.2) is 9.18 Å². The number of fused-ring (bicyclic) bond motifs is 1. The molecule has 12 heteroatoms. The van der Waals surface area contributed by atoms with E-state index in [1.54, 1.807) is 6.92 Å². The van der Waals surface area contributed by atoms with Crippen LogP contribution in [0.3, 0.4) is 0 Å². The van der Waals surface area contributed by atoms with E-state index in [1.165, 1.54) is 47.4 Å². The predicted octanol–water partition coefficient (Wildman–Crippen LogP) is 5.41. The van der Waals surface area contributed by atoms with Crippen molar-refractivity contribution in [3.05, 3.63) is 86.8 Å². The van der Waals surface area contributed by atoms with Crippen LogP contribution in [0, 0.1) is 19.7 Å². The number of aromatic nitrogens is 3. The zero-order chi connectivity index (χ0) is 29.8. The Morgan fingerprint density at radius 1 is 1.12 bits per heavy atom. The van der Waals surface area contributed by atoms with Crippen molar-refractivity contribution in [2.75, 3.05) is 17.7 Å². The number of hydrogen-bond acceptors (Lipinski definition) is 8. The number of nitrogens with one attached hydrogen (secondary N) is 2. The Morgan fingerprint density at radius 2 is 1.93 bits per heavy atom. The largest absolute Gasteiger partial charge is 0.462 e. The average molecular weight is 608 g/mol. The first-order valence-electron chi connectivity index (χ1n) is 13.6. The molecule has 0 fully saturated rings. The van der Waals surface area contributed by atoms with Crippen LogP contribution in [0.1, 0.15) is 61.5 Å². The van der Waals surface area contributed by atoms with Crippen molar-refractivity contribution in [2.24, 2.45) is 0 Å². The molecule has 0 bridgehead atoms. The summed E-state index contributed by atoms with van der Waals surface area (Å²) in [6.07, 6.45) is 2.66. The van der Waals surface area contributed by atoms with E-state index in [0.717, 1.165) is 46.5 Å². The standard InChI is InChI=1S/C30H30FN5O4S2/c1-4-40-29(39)26-21-11-7-13-23(21)42-28(26)33-25(37)16-41-30-35-34-24(36(30)22-12-5-8-17(2)18(22)3)15-32-27(38)19-9-6-10-20(31)14-19/h5-6,8-10,12,14H,4,7,11,13,15-16H2,1-3H3,(H,32,38)(H,33,37). The normalized spacial score (nSPS) is 12.2. The van der Waals surface area contributed by atoms with Gasteiger partial charge in [0.25, 0.3) is 5.91 Å². The number of halogens is 1. The lowest BCUT2D eigenvalue weighted by Gasteiger charge is -2.15. The monoisotopic (exact) mass is 607 g/mol. The Balaban J connectivity index is 1.35. The maximum absolute atomic E-state index is 13.6. The quantitative estimate of drug-likeness (QED) is 0.183. The lowest BCUT2D eigenvalue weighted by atomic mass is 10.1. The van der Waals surface area contributed by atoms with E-state index in [4.69, 9.17) is 4.74 Å². The Bertz CT molecular complexity index is 1670. The van der Waals surface area contributed by atoms with E-state index in [1.807, 2.05) is 36.6 Å². The Kier molecular flexibility index (Phi) is 9.03. The highest BCUT2D eigenvalue weighted by Crippen LogP contribution is 2.39. The highest BCUT2D eigenvalue weighted by atomic mass is 32.2. The van der Waals surface area contributed by atoms with Crippen molar-refractivity contribution in [1.29, 1.82) is 0 Å². The van der Waals surface area contributed by atoms with Gasteiger partial charge in [-0.3, -0.25) is 14.2 Å². The minimum Gasteiger partial charge on any atom is -0.462 e. The number of ether oxygens (including phenoxy) is 1. The lowest BCUT2D eigenvalue weighted by molar-refractivity contribution is -0.113. The van der Waals surface area contributed by atoms with Gasteiger partial charge in [0, 0.05) is 10.4 Å². The number of benzene rings is 2. The number of thiophene rings is 1. The summed E-state index contributed by atoms with van der Waals surface area (Å²) in [7, 11) is 0. The SMILES string of the molecule is CCOC(=O)c1c(NC(=O)CSc2nnc(CNC(=O)c3cccc(F)c3)n2-c2cccc(C)c2C)sc2c1CCC2. The fourth-order valence-electron chi connectivity index (χ4n) is 4.82. The Morgan fingerprint density at radius 3 is 2.71 bits per heavy atom. The average Bonchev–Trinajstić information content (AvgIpc) is 3.67. The number of carbonyl (C=O) groups is 3. The summed E-state index contributed by atoms with van der Waals surface area (Å²) in [5, 5.41) is 15.3.